The lowest BCUT2D eigenvalue weighted by Gasteiger charge is -2.32. The molecule has 0 bridgehead atoms. The lowest BCUT2D eigenvalue weighted by atomic mass is 9.84. The van der Waals surface area contributed by atoms with Crippen LogP contribution in [0.2, 0.25) is 0 Å². The number of carbonyl (C=O) groups excluding carboxylic acids is 2. The molecule has 158 valence electrons. The summed E-state index contributed by atoms with van der Waals surface area (Å²) in [5.41, 5.74) is 1.99. The molecule has 29 heavy (non-hydrogen) atoms. The number of anilines is 1. The molecule has 1 amide bonds. The van der Waals surface area contributed by atoms with Gasteiger partial charge in [-0.25, -0.2) is 4.79 Å². The number of hydrogen-bond acceptors (Lipinski definition) is 5. The Morgan fingerprint density at radius 2 is 1.90 bits per heavy atom. The van der Waals surface area contributed by atoms with Gasteiger partial charge in [-0.1, -0.05) is 6.58 Å². The van der Waals surface area contributed by atoms with Crippen molar-refractivity contribution in [1.29, 1.82) is 0 Å². The summed E-state index contributed by atoms with van der Waals surface area (Å²) in [5.74, 6) is 0.478. The predicted octanol–water partition coefficient (Wildman–Crippen LogP) is 3.45. The molecule has 0 unspecified atom stereocenters. The summed E-state index contributed by atoms with van der Waals surface area (Å²) in [7, 11) is 3.49. The summed E-state index contributed by atoms with van der Waals surface area (Å²) in [6, 6.07) is 3.66. The lowest BCUT2D eigenvalue weighted by molar-refractivity contribution is -0.122. The largest absolute Gasteiger partial charge is 0.494 e. The van der Waals surface area contributed by atoms with Gasteiger partial charge < -0.3 is 19.3 Å². The molecule has 0 N–H and O–H groups in total. The summed E-state index contributed by atoms with van der Waals surface area (Å²) < 4.78 is 10.6. The molecule has 2 aliphatic heterocycles. The van der Waals surface area contributed by atoms with Crippen molar-refractivity contribution in [2.45, 2.75) is 39.0 Å². The first-order chi connectivity index (χ1) is 13.7. The topological polar surface area (TPSA) is 59.1 Å². The molecule has 6 nitrogen and oxygen atoms in total. The van der Waals surface area contributed by atoms with Crippen molar-refractivity contribution < 1.29 is 19.1 Å². The van der Waals surface area contributed by atoms with Crippen molar-refractivity contribution in [3.8, 4) is 0 Å². The van der Waals surface area contributed by atoms with E-state index in [2.05, 4.69) is 18.5 Å². The van der Waals surface area contributed by atoms with Gasteiger partial charge in [-0.3, -0.25) is 4.79 Å². The maximum atomic E-state index is 13.3. The molecule has 0 spiro atoms. The summed E-state index contributed by atoms with van der Waals surface area (Å²) >= 11 is 0. The smallest absolute Gasteiger partial charge is 0.338 e. The first-order valence-corrected chi connectivity index (χ1v) is 10.3. The minimum absolute atomic E-state index is 0.0708. The number of nitrogens with zero attached hydrogens (tertiary/aromatic N) is 2. The number of amides is 1. The van der Waals surface area contributed by atoms with E-state index < -0.39 is 11.4 Å². The predicted molar refractivity (Wildman–Crippen MR) is 114 cm³/mol. The minimum Gasteiger partial charge on any atom is -0.494 e. The van der Waals surface area contributed by atoms with Gasteiger partial charge in [0, 0.05) is 17.8 Å². The Balaban J connectivity index is 2.04. The van der Waals surface area contributed by atoms with Crippen molar-refractivity contribution in [3.63, 3.8) is 0 Å². The Hall–Kier alpha value is -2.34. The van der Waals surface area contributed by atoms with Crippen molar-refractivity contribution in [2.24, 2.45) is 5.92 Å². The number of rotatable bonds is 6. The molecule has 3 rings (SSSR count). The Kier molecular flexibility index (Phi) is 6.03. The maximum absolute atomic E-state index is 13.3. The number of esters is 1. The Labute approximate surface area is 173 Å². The first-order valence-electron chi connectivity index (χ1n) is 10.3. The van der Waals surface area contributed by atoms with E-state index >= 15 is 0 Å². The highest BCUT2D eigenvalue weighted by atomic mass is 16.5. The van der Waals surface area contributed by atoms with Gasteiger partial charge >= 0.3 is 5.97 Å². The Bertz CT molecular complexity index is 822. The van der Waals surface area contributed by atoms with E-state index in [1.165, 1.54) is 7.11 Å². The number of ether oxygens (including phenoxy) is 2. The standard InChI is InChI=1S/C23H32N2O4/c1-7-29-15(2)17-12-19-20(13-18(17)21(26)28-6)25(22(27)23(19,3)4)14-16-8-10-24(5)11-9-16/h12-13,16H,2,7-11,14H2,1,3-6H3. The number of piperidine rings is 1. The lowest BCUT2D eigenvalue weighted by Crippen LogP contribution is -2.41. The zero-order valence-electron chi connectivity index (χ0n) is 18.2. The molecule has 0 saturated carbocycles. The number of likely N-dealkylation sites (tertiary alicyclic amines) is 1. The fourth-order valence-corrected chi connectivity index (χ4v) is 4.32. The molecular formula is C23H32N2O4. The van der Waals surface area contributed by atoms with Gasteiger partial charge in [0.15, 0.2) is 0 Å². The van der Waals surface area contributed by atoms with E-state index in [4.69, 9.17) is 9.47 Å². The van der Waals surface area contributed by atoms with Gasteiger partial charge in [0.05, 0.1) is 24.7 Å². The summed E-state index contributed by atoms with van der Waals surface area (Å²) in [4.78, 5) is 30.0. The zero-order chi connectivity index (χ0) is 21.3. The molecule has 0 aromatic heterocycles. The van der Waals surface area contributed by atoms with E-state index in [0.717, 1.165) is 37.2 Å². The van der Waals surface area contributed by atoms with Gasteiger partial charge in [-0.15, -0.1) is 0 Å². The average Bonchev–Trinajstić information content (AvgIpc) is 2.88. The summed E-state index contributed by atoms with van der Waals surface area (Å²) in [5, 5.41) is 0. The van der Waals surface area contributed by atoms with Crippen LogP contribution in [0.4, 0.5) is 5.69 Å². The third-order valence-corrected chi connectivity index (χ3v) is 6.18. The van der Waals surface area contributed by atoms with Gasteiger partial charge in [-0.2, -0.15) is 0 Å². The van der Waals surface area contributed by atoms with Crippen LogP contribution in [0.25, 0.3) is 5.76 Å². The number of carbonyl (C=O) groups is 2. The van der Waals surface area contributed by atoms with E-state index in [9.17, 15) is 9.59 Å². The van der Waals surface area contributed by atoms with E-state index in [-0.39, 0.29) is 5.91 Å². The van der Waals surface area contributed by atoms with E-state index in [0.29, 0.717) is 36.0 Å². The van der Waals surface area contributed by atoms with Crippen LogP contribution in [0.1, 0.15) is 55.1 Å². The molecule has 1 fully saturated rings. The molecule has 1 aromatic rings. The zero-order valence-corrected chi connectivity index (χ0v) is 18.2. The molecule has 1 saturated heterocycles. The van der Waals surface area contributed by atoms with Crippen LogP contribution < -0.4 is 4.90 Å². The number of methoxy groups -OCH3 is 1. The fraction of sp³-hybridized carbons (Fsp3) is 0.565. The molecular weight excluding hydrogens is 368 g/mol. The van der Waals surface area contributed by atoms with Crippen LogP contribution in [0.3, 0.4) is 0 Å². The fourth-order valence-electron chi connectivity index (χ4n) is 4.32. The van der Waals surface area contributed by atoms with Gasteiger partial charge in [0.1, 0.15) is 5.76 Å². The van der Waals surface area contributed by atoms with Crippen LogP contribution in [0.5, 0.6) is 0 Å². The van der Waals surface area contributed by atoms with Gasteiger partial charge in [-0.05, 0) is 77.4 Å². The van der Waals surface area contributed by atoms with Crippen LogP contribution in [0.15, 0.2) is 18.7 Å². The van der Waals surface area contributed by atoms with Crippen molar-refractivity contribution >= 4 is 23.3 Å². The van der Waals surface area contributed by atoms with Crippen molar-refractivity contribution in [2.75, 3.05) is 45.3 Å². The third-order valence-electron chi connectivity index (χ3n) is 6.18. The summed E-state index contributed by atoms with van der Waals surface area (Å²) in [6.07, 6.45) is 2.14. The maximum Gasteiger partial charge on any atom is 0.338 e. The highest BCUT2D eigenvalue weighted by Crippen LogP contribution is 2.44. The van der Waals surface area contributed by atoms with E-state index in [1.807, 2.05) is 31.7 Å². The second-order valence-corrected chi connectivity index (χ2v) is 8.55. The molecule has 0 atom stereocenters. The molecule has 2 aliphatic rings. The highest BCUT2D eigenvalue weighted by Gasteiger charge is 2.45. The summed E-state index contributed by atoms with van der Waals surface area (Å²) in [6.45, 7) is 12.9. The van der Waals surface area contributed by atoms with Crippen LogP contribution in [-0.2, 0) is 19.7 Å². The second-order valence-electron chi connectivity index (χ2n) is 8.55. The Morgan fingerprint density at radius 1 is 1.24 bits per heavy atom. The minimum atomic E-state index is -0.670. The number of benzene rings is 1. The third kappa shape index (κ3) is 3.90. The highest BCUT2D eigenvalue weighted by molar-refractivity contribution is 6.09. The van der Waals surface area contributed by atoms with Gasteiger partial charge in [0.2, 0.25) is 5.91 Å². The SMILES string of the molecule is C=C(OCC)c1cc2c(cc1C(=O)OC)N(CC1CCN(C)CC1)C(=O)C2(C)C. The number of hydrogen-bond donors (Lipinski definition) is 0. The molecule has 0 aliphatic carbocycles. The van der Waals surface area contributed by atoms with Crippen molar-refractivity contribution in [3.05, 3.63) is 35.4 Å². The number of fused-ring (bicyclic) bond motifs is 1. The molecule has 1 aromatic carbocycles. The van der Waals surface area contributed by atoms with Crippen LogP contribution in [0, 0.1) is 5.92 Å². The average molecular weight is 401 g/mol. The second kappa shape index (κ2) is 8.19. The quantitative estimate of drug-likeness (QED) is 0.541. The van der Waals surface area contributed by atoms with Crippen molar-refractivity contribution in [1.82, 2.24) is 4.90 Å². The monoisotopic (exact) mass is 400 g/mol. The molecule has 6 heteroatoms. The van der Waals surface area contributed by atoms with E-state index in [1.54, 1.807) is 6.07 Å². The Morgan fingerprint density at radius 3 is 2.48 bits per heavy atom. The normalized spacial score (nSPS) is 19.2. The molecule has 0 radical (unpaired) electrons. The first kappa shape index (κ1) is 21.4. The van der Waals surface area contributed by atoms with Crippen LogP contribution in [-0.4, -0.2) is 57.2 Å². The van der Waals surface area contributed by atoms with Crippen LogP contribution >= 0.6 is 0 Å². The molecule has 2 heterocycles. The van der Waals surface area contributed by atoms with Gasteiger partial charge in [0.25, 0.3) is 0 Å².